The molecule has 0 radical (unpaired) electrons. The summed E-state index contributed by atoms with van der Waals surface area (Å²) in [6.07, 6.45) is 3.35. The molecular formula is C22H19N5O4S. The van der Waals surface area contributed by atoms with Crippen molar-refractivity contribution in [1.82, 2.24) is 15.3 Å². The number of amides is 1. The Bertz CT molecular complexity index is 1230. The van der Waals surface area contributed by atoms with E-state index in [-0.39, 0.29) is 17.4 Å². The molecule has 0 fully saturated rings. The Hall–Kier alpha value is -3.92. The lowest BCUT2D eigenvalue weighted by molar-refractivity contribution is -0.384. The number of nitrogens with one attached hydrogen (secondary N) is 2. The van der Waals surface area contributed by atoms with Crippen LogP contribution in [-0.2, 0) is 5.75 Å². The van der Waals surface area contributed by atoms with E-state index in [1.807, 2.05) is 24.3 Å². The minimum atomic E-state index is -0.447. The van der Waals surface area contributed by atoms with Gasteiger partial charge in [-0.05, 0) is 24.3 Å². The van der Waals surface area contributed by atoms with Gasteiger partial charge in [0.25, 0.3) is 11.6 Å². The molecule has 10 heteroatoms. The molecule has 4 aromatic rings. The number of para-hydroxylation sites is 1. The van der Waals surface area contributed by atoms with Crippen LogP contribution in [0.5, 0.6) is 0 Å². The van der Waals surface area contributed by atoms with Crippen LogP contribution in [0.1, 0.15) is 16.1 Å². The fourth-order valence-electron chi connectivity index (χ4n) is 3.09. The summed E-state index contributed by atoms with van der Waals surface area (Å²) in [5.41, 5.74) is 2.19. The van der Waals surface area contributed by atoms with E-state index in [1.54, 1.807) is 30.6 Å². The summed E-state index contributed by atoms with van der Waals surface area (Å²) < 4.78 is 5.85. The highest BCUT2D eigenvalue weighted by Gasteiger charge is 2.20. The van der Waals surface area contributed by atoms with E-state index >= 15 is 0 Å². The molecule has 162 valence electrons. The van der Waals surface area contributed by atoms with Gasteiger partial charge in [-0.1, -0.05) is 30.0 Å². The molecule has 0 saturated heterocycles. The lowest BCUT2D eigenvalue weighted by Gasteiger charge is -2.08. The lowest BCUT2D eigenvalue weighted by atomic mass is 10.1. The van der Waals surface area contributed by atoms with Crippen LogP contribution in [0.4, 0.5) is 11.4 Å². The van der Waals surface area contributed by atoms with Gasteiger partial charge in [0.2, 0.25) is 0 Å². The highest BCUT2D eigenvalue weighted by atomic mass is 32.2. The van der Waals surface area contributed by atoms with Gasteiger partial charge in [-0.2, -0.15) is 0 Å². The van der Waals surface area contributed by atoms with Crippen LogP contribution < -0.4 is 10.6 Å². The molecule has 9 nitrogen and oxygen atoms in total. The number of carbonyl (C=O) groups excluding carboxylic acids is 1. The zero-order valence-corrected chi connectivity index (χ0v) is 17.7. The van der Waals surface area contributed by atoms with Gasteiger partial charge in [0.1, 0.15) is 5.58 Å². The summed E-state index contributed by atoms with van der Waals surface area (Å²) in [5, 5.41) is 18.2. The maximum absolute atomic E-state index is 12.8. The number of furan rings is 1. The standard InChI is InChI=1S/C22H19N5O4S/c28-21(24-13-12-23-15-6-8-16(9-7-15)27(29)30)20-18(14-32-22-25-10-3-11-26-22)17-4-1-2-5-19(17)31-20/h1-11,23H,12-14H2,(H,24,28). The van der Waals surface area contributed by atoms with Gasteiger partial charge in [-0.3, -0.25) is 14.9 Å². The van der Waals surface area contributed by atoms with Gasteiger partial charge >= 0.3 is 0 Å². The molecule has 0 aliphatic rings. The van der Waals surface area contributed by atoms with Crippen LogP contribution in [0, 0.1) is 10.1 Å². The zero-order valence-electron chi connectivity index (χ0n) is 16.9. The molecule has 0 aliphatic heterocycles. The molecule has 0 bridgehead atoms. The number of thioether (sulfide) groups is 1. The summed E-state index contributed by atoms with van der Waals surface area (Å²) in [4.78, 5) is 31.5. The third-order valence-corrected chi connectivity index (χ3v) is 5.51. The molecule has 0 spiro atoms. The summed E-state index contributed by atoms with van der Waals surface area (Å²) in [5.74, 6) is 0.450. The van der Waals surface area contributed by atoms with Gasteiger partial charge in [-0.25, -0.2) is 9.97 Å². The summed E-state index contributed by atoms with van der Waals surface area (Å²) in [6, 6.07) is 15.4. The third-order valence-electron chi connectivity index (χ3n) is 4.61. The number of nitro groups is 1. The number of benzene rings is 2. The van der Waals surface area contributed by atoms with E-state index in [0.717, 1.165) is 16.6 Å². The molecule has 4 rings (SSSR count). The van der Waals surface area contributed by atoms with Crippen molar-refractivity contribution in [2.24, 2.45) is 0 Å². The number of nitro benzene ring substituents is 1. The van der Waals surface area contributed by atoms with Crippen LogP contribution in [0.25, 0.3) is 11.0 Å². The smallest absolute Gasteiger partial charge is 0.287 e. The van der Waals surface area contributed by atoms with Crippen molar-refractivity contribution >= 4 is 40.0 Å². The number of anilines is 1. The second-order valence-corrected chi connectivity index (χ2v) is 7.66. The topological polar surface area (TPSA) is 123 Å². The van der Waals surface area contributed by atoms with Crippen LogP contribution in [0.15, 0.2) is 76.6 Å². The van der Waals surface area contributed by atoms with Gasteiger partial charge in [0, 0.05) is 60.0 Å². The second-order valence-electron chi connectivity index (χ2n) is 6.71. The normalized spacial score (nSPS) is 10.8. The van der Waals surface area contributed by atoms with Crippen molar-refractivity contribution < 1.29 is 14.1 Å². The van der Waals surface area contributed by atoms with E-state index in [4.69, 9.17) is 4.42 Å². The summed E-state index contributed by atoms with van der Waals surface area (Å²) in [7, 11) is 0. The predicted molar refractivity (Wildman–Crippen MR) is 122 cm³/mol. The average Bonchev–Trinajstić information content (AvgIpc) is 3.20. The van der Waals surface area contributed by atoms with Gasteiger partial charge < -0.3 is 15.1 Å². The molecule has 2 heterocycles. The van der Waals surface area contributed by atoms with Crippen molar-refractivity contribution in [3.8, 4) is 0 Å². The Morgan fingerprint density at radius 3 is 2.53 bits per heavy atom. The first kappa shape index (κ1) is 21.3. The van der Waals surface area contributed by atoms with E-state index in [2.05, 4.69) is 20.6 Å². The predicted octanol–water partition coefficient (Wildman–Crippen LogP) is 4.27. The second kappa shape index (κ2) is 9.92. The monoisotopic (exact) mass is 449 g/mol. The van der Waals surface area contributed by atoms with Gasteiger partial charge in [-0.15, -0.1) is 0 Å². The average molecular weight is 449 g/mol. The Balaban J connectivity index is 1.39. The molecule has 2 aromatic heterocycles. The van der Waals surface area contributed by atoms with Gasteiger partial charge in [0.05, 0.1) is 4.92 Å². The minimum absolute atomic E-state index is 0.0278. The molecule has 0 saturated carbocycles. The first-order chi connectivity index (χ1) is 15.6. The number of fused-ring (bicyclic) bond motifs is 1. The summed E-state index contributed by atoms with van der Waals surface area (Å²) in [6.45, 7) is 0.799. The van der Waals surface area contributed by atoms with E-state index in [9.17, 15) is 14.9 Å². The lowest BCUT2D eigenvalue weighted by Crippen LogP contribution is -2.29. The molecular weight excluding hydrogens is 430 g/mol. The molecule has 0 atom stereocenters. The third kappa shape index (κ3) is 5.03. The van der Waals surface area contributed by atoms with Crippen molar-refractivity contribution in [2.75, 3.05) is 18.4 Å². The Morgan fingerprint density at radius 2 is 1.78 bits per heavy atom. The molecule has 32 heavy (non-hydrogen) atoms. The Morgan fingerprint density at radius 1 is 1.03 bits per heavy atom. The Kier molecular flexibility index (Phi) is 6.61. The highest BCUT2D eigenvalue weighted by molar-refractivity contribution is 7.98. The van der Waals surface area contributed by atoms with E-state index in [1.165, 1.54) is 23.9 Å². The highest BCUT2D eigenvalue weighted by Crippen LogP contribution is 2.31. The van der Waals surface area contributed by atoms with Crippen molar-refractivity contribution in [2.45, 2.75) is 10.9 Å². The maximum Gasteiger partial charge on any atom is 0.287 e. The number of aromatic nitrogens is 2. The largest absolute Gasteiger partial charge is 0.451 e. The van der Waals surface area contributed by atoms with Crippen LogP contribution >= 0.6 is 11.8 Å². The van der Waals surface area contributed by atoms with E-state index < -0.39 is 4.92 Å². The SMILES string of the molecule is O=C(NCCNc1ccc([N+](=O)[O-])cc1)c1oc2ccccc2c1CSc1ncccn1. The zero-order chi connectivity index (χ0) is 22.3. The molecule has 1 amide bonds. The first-order valence-corrected chi connectivity index (χ1v) is 10.8. The maximum atomic E-state index is 12.8. The fraction of sp³-hybridized carbons (Fsp3) is 0.136. The number of non-ortho nitro benzene ring substituents is 1. The molecule has 2 aromatic carbocycles. The van der Waals surface area contributed by atoms with Crippen LogP contribution in [-0.4, -0.2) is 33.9 Å². The van der Waals surface area contributed by atoms with Gasteiger partial charge in [0.15, 0.2) is 10.9 Å². The number of rotatable bonds is 9. The minimum Gasteiger partial charge on any atom is -0.451 e. The number of hydrogen-bond donors (Lipinski definition) is 2. The van der Waals surface area contributed by atoms with Crippen LogP contribution in [0.2, 0.25) is 0 Å². The quantitative estimate of drug-likeness (QED) is 0.128. The van der Waals surface area contributed by atoms with Crippen LogP contribution in [0.3, 0.4) is 0 Å². The van der Waals surface area contributed by atoms with Crippen molar-refractivity contribution in [3.05, 3.63) is 88.4 Å². The van der Waals surface area contributed by atoms with Crippen molar-refractivity contribution in [3.63, 3.8) is 0 Å². The molecule has 0 unspecified atom stereocenters. The fourth-order valence-corrected chi connectivity index (χ4v) is 3.92. The van der Waals surface area contributed by atoms with Crippen molar-refractivity contribution in [1.29, 1.82) is 0 Å². The Labute approximate surface area is 187 Å². The number of hydrogen-bond acceptors (Lipinski definition) is 8. The number of carbonyl (C=O) groups is 1. The molecule has 2 N–H and O–H groups in total. The summed E-state index contributed by atoms with van der Waals surface area (Å²) >= 11 is 1.43. The number of nitrogens with zero attached hydrogens (tertiary/aromatic N) is 3. The molecule has 0 aliphatic carbocycles. The van der Waals surface area contributed by atoms with E-state index in [0.29, 0.717) is 29.6 Å². The first-order valence-electron chi connectivity index (χ1n) is 9.78.